The highest BCUT2D eigenvalue weighted by Gasteiger charge is 2.27. The minimum atomic E-state index is -0.340. The van der Waals surface area contributed by atoms with Gasteiger partial charge in [0.15, 0.2) is 0 Å². The number of nitrogens with one attached hydrogen (secondary N) is 1. The minimum absolute atomic E-state index is 0.106. The molecule has 1 saturated carbocycles. The fourth-order valence-electron chi connectivity index (χ4n) is 2.83. The van der Waals surface area contributed by atoms with E-state index in [1.54, 1.807) is 28.9 Å². The summed E-state index contributed by atoms with van der Waals surface area (Å²) in [5, 5.41) is 27.0. The first-order valence-electron chi connectivity index (χ1n) is 7.95. The summed E-state index contributed by atoms with van der Waals surface area (Å²) >= 11 is 0. The molecule has 25 heavy (non-hydrogen) atoms. The van der Waals surface area contributed by atoms with Gasteiger partial charge in [-0.25, -0.2) is 4.52 Å². The van der Waals surface area contributed by atoms with Crippen LogP contribution in [0.25, 0.3) is 16.6 Å². The average molecular weight is 339 g/mol. The van der Waals surface area contributed by atoms with Crippen LogP contribution in [0.5, 0.6) is 17.2 Å². The number of phenols is 1. The number of ether oxygens (including phenoxy) is 1. The number of carbonyl (C=O) groups is 1. The van der Waals surface area contributed by atoms with Crippen molar-refractivity contribution in [3.05, 3.63) is 42.2 Å². The van der Waals surface area contributed by atoms with E-state index < -0.39 is 0 Å². The Kier molecular flexibility index (Phi) is 3.49. The molecule has 0 radical (unpaired) electrons. The summed E-state index contributed by atoms with van der Waals surface area (Å²) in [7, 11) is 1.46. The van der Waals surface area contributed by atoms with E-state index >= 15 is 0 Å². The van der Waals surface area contributed by atoms with Crippen LogP contribution in [0.4, 0.5) is 0 Å². The lowest BCUT2D eigenvalue weighted by Crippen LogP contribution is -2.25. The molecule has 0 bridgehead atoms. The van der Waals surface area contributed by atoms with Gasteiger partial charge in [-0.15, -0.1) is 0 Å². The molecule has 1 aromatic carbocycles. The average Bonchev–Trinajstić information content (AvgIpc) is 3.30. The third-order valence-electron chi connectivity index (χ3n) is 4.25. The van der Waals surface area contributed by atoms with Crippen LogP contribution in [0.2, 0.25) is 0 Å². The number of amides is 1. The number of pyridine rings is 1. The van der Waals surface area contributed by atoms with E-state index in [0.29, 0.717) is 11.3 Å². The highest BCUT2D eigenvalue weighted by atomic mass is 16.5. The highest BCUT2D eigenvalue weighted by molar-refractivity contribution is 6.01. The number of hydrogen-bond acceptors (Lipinski definition) is 5. The second kappa shape index (κ2) is 5.70. The Bertz CT molecular complexity index is 976. The predicted octanol–water partition coefficient (Wildman–Crippen LogP) is 2.31. The van der Waals surface area contributed by atoms with Crippen molar-refractivity contribution in [3.63, 3.8) is 0 Å². The molecule has 3 N–H and O–H groups in total. The van der Waals surface area contributed by atoms with Crippen LogP contribution < -0.4 is 10.1 Å². The van der Waals surface area contributed by atoms with Crippen molar-refractivity contribution in [3.8, 4) is 28.4 Å². The number of nitrogens with zero attached hydrogens (tertiary/aromatic N) is 2. The Labute approximate surface area is 143 Å². The second-order valence-corrected chi connectivity index (χ2v) is 6.10. The smallest absolute Gasteiger partial charge is 0.259 e. The molecule has 1 aliphatic rings. The standard InChI is InChI=1S/C18H17N3O4/c1-25-16-7-10(6-15(23)17(16)18(24)20-11-2-3-11)13-8-19-21-9-12(22)4-5-14(13)21/h4-9,11,22-23H,2-3H2,1H3,(H,20,24). The Morgan fingerprint density at radius 3 is 2.84 bits per heavy atom. The van der Waals surface area contributed by atoms with Crippen molar-refractivity contribution in [2.45, 2.75) is 18.9 Å². The zero-order chi connectivity index (χ0) is 17.6. The lowest BCUT2D eigenvalue weighted by atomic mass is 10.0. The van der Waals surface area contributed by atoms with E-state index in [0.717, 1.165) is 23.9 Å². The molecule has 0 unspecified atom stereocenters. The fraction of sp³-hybridized carbons (Fsp3) is 0.222. The van der Waals surface area contributed by atoms with Crippen molar-refractivity contribution in [1.29, 1.82) is 0 Å². The summed E-state index contributed by atoms with van der Waals surface area (Å²) in [6.07, 6.45) is 5.05. The molecular formula is C18H17N3O4. The van der Waals surface area contributed by atoms with Gasteiger partial charge in [-0.3, -0.25) is 4.79 Å². The molecule has 1 aliphatic carbocycles. The topological polar surface area (TPSA) is 96.1 Å². The summed E-state index contributed by atoms with van der Waals surface area (Å²) < 4.78 is 6.87. The second-order valence-electron chi connectivity index (χ2n) is 6.10. The molecule has 7 heteroatoms. The number of aromatic hydroxyl groups is 2. The first-order valence-corrected chi connectivity index (χ1v) is 7.95. The highest BCUT2D eigenvalue weighted by Crippen LogP contribution is 2.36. The monoisotopic (exact) mass is 339 g/mol. The van der Waals surface area contributed by atoms with E-state index in [-0.39, 0.29) is 29.0 Å². The van der Waals surface area contributed by atoms with Gasteiger partial charge >= 0.3 is 0 Å². The summed E-state index contributed by atoms with van der Waals surface area (Å²) in [6, 6.07) is 6.70. The molecule has 2 aromatic heterocycles. The van der Waals surface area contributed by atoms with Gasteiger partial charge in [-0.2, -0.15) is 5.10 Å². The third kappa shape index (κ3) is 2.73. The van der Waals surface area contributed by atoms with Gasteiger partial charge < -0.3 is 20.3 Å². The number of benzene rings is 1. The van der Waals surface area contributed by atoms with Gasteiger partial charge in [0, 0.05) is 11.6 Å². The van der Waals surface area contributed by atoms with Gasteiger partial charge in [0.25, 0.3) is 5.91 Å². The predicted molar refractivity (Wildman–Crippen MR) is 91.0 cm³/mol. The van der Waals surface area contributed by atoms with Gasteiger partial charge in [0.1, 0.15) is 22.8 Å². The molecule has 2 heterocycles. The summed E-state index contributed by atoms with van der Waals surface area (Å²) in [6.45, 7) is 0. The zero-order valence-corrected chi connectivity index (χ0v) is 13.6. The SMILES string of the molecule is COc1cc(-c2cnn3cc(O)ccc23)cc(O)c1C(=O)NC1CC1. The molecule has 0 saturated heterocycles. The minimum Gasteiger partial charge on any atom is -0.507 e. The normalized spacial score (nSPS) is 13.8. The Morgan fingerprint density at radius 2 is 2.12 bits per heavy atom. The molecule has 1 fully saturated rings. The molecule has 7 nitrogen and oxygen atoms in total. The molecule has 128 valence electrons. The quantitative estimate of drug-likeness (QED) is 0.678. The number of fused-ring (bicyclic) bond motifs is 1. The molecular weight excluding hydrogens is 322 g/mol. The maximum atomic E-state index is 12.3. The van der Waals surface area contributed by atoms with Gasteiger partial charge in [-0.1, -0.05) is 0 Å². The van der Waals surface area contributed by atoms with E-state index in [4.69, 9.17) is 4.74 Å². The maximum Gasteiger partial charge on any atom is 0.259 e. The number of rotatable bonds is 4. The summed E-state index contributed by atoms with van der Waals surface area (Å²) in [5.74, 6) is -0.0836. The van der Waals surface area contributed by atoms with Crippen molar-refractivity contribution < 1.29 is 19.7 Å². The van der Waals surface area contributed by atoms with Crippen LogP contribution in [-0.4, -0.2) is 38.9 Å². The molecule has 0 atom stereocenters. The number of methoxy groups -OCH3 is 1. The molecule has 3 aromatic rings. The number of aromatic nitrogens is 2. The lowest BCUT2D eigenvalue weighted by molar-refractivity contribution is 0.0945. The number of phenolic OH excluding ortho intramolecular Hbond substituents is 1. The van der Waals surface area contributed by atoms with Crippen LogP contribution in [-0.2, 0) is 0 Å². The first-order chi connectivity index (χ1) is 12.1. The van der Waals surface area contributed by atoms with Gasteiger partial charge in [0.2, 0.25) is 0 Å². The summed E-state index contributed by atoms with van der Waals surface area (Å²) in [4.78, 5) is 12.3. The lowest BCUT2D eigenvalue weighted by Gasteiger charge is -2.12. The van der Waals surface area contributed by atoms with Crippen LogP contribution >= 0.6 is 0 Å². The number of hydrogen-bond donors (Lipinski definition) is 3. The van der Waals surface area contributed by atoms with Crippen LogP contribution in [0.1, 0.15) is 23.2 Å². The van der Waals surface area contributed by atoms with Crippen LogP contribution in [0.15, 0.2) is 36.7 Å². The van der Waals surface area contributed by atoms with E-state index in [1.165, 1.54) is 19.4 Å². The van der Waals surface area contributed by atoms with Crippen molar-refractivity contribution in [2.24, 2.45) is 0 Å². The van der Waals surface area contributed by atoms with Crippen LogP contribution in [0.3, 0.4) is 0 Å². The van der Waals surface area contributed by atoms with E-state index in [9.17, 15) is 15.0 Å². The van der Waals surface area contributed by atoms with Gasteiger partial charge in [0.05, 0.1) is 25.0 Å². The van der Waals surface area contributed by atoms with Crippen LogP contribution in [0, 0.1) is 0 Å². The van der Waals surface area contributed by atoms with Crippen molar-refractivity contribution in [2.75, 3.05) is 7.11 Å². The molecule has 0 spiro atoms. The molecule has 0 aliphatic heterocycles. The van der Waals surface area contributed by atoms with Crippen molar-refractivity contribution >= 4 is 11.4 Å². The number of carbonyl (C=O) groups excluding carboxylic acids is 1. The largest absolute Gasteiger partial charge is 0.507 e. The Hall–Kier alpha value is -3.22. The van der Waals surface area contributed by atoms with Crippen molar-refractivity contribution in [1.82, 2.24) is 14.9 Å². The van der Waals surface area contributed by atoms with E-state index in [2.05, 4.69) is 10.4 Å². The molecule has 1 amide bonds. The summed E-state index contributed by atoms with van der Waals surface area (Å²) in [5.41, 5.74) is 2.31. The van der Waals surface area contributed by atoms with E-state index in [1.807, 2.05) is 0 Å². The first kappa shape index (κ1) is 15.3. The Morgan fingerprint density at radius 1 is 1.32 bits per heavy atom. The zero-order valence-electron chi connectivity index (χ0n) is 13.6. The molecule has 4 rings (SSSR count). The fourth-order valence-corrected chi connectivity index (χ4v) is 2.83. The third-order valence-corrected chi connectivity index (χ3v) is 4.25. The maximum absolute atomic E-state index is 12.3. The van der Waals surface area contributed by atoms with Gasteiger partial charge in [-0.05, 0) is 42.7 Å². The Balaban J connectivity index is 1.79.